The lowest BCUT2D eigenvalue weighted by Gasteiger charge is -2.18. The summed E-state index contributed by atoms with van der Waals surface area (Å²) >= 11 is 0. The number of allylic oxidation sites excluding steroid dienone is 1. The summed E-state index contributed by atoms with van der Waals surface area (Å²) in [4.78, 5) is 8.06. The highest BCUT2D eigenvalue weighted by Crippen LogP contribution is 2.26. The van der Waals surface area contributed by atoms with Crippen molar-refractivity contribution in [3.8, 4) is 0 Å². The Balaban J connectivity index is 2.15. The Morgan fingerprint density at radius 2 is 2.29 bits per heavy atom. The molecular weight excluding hydrogens is 174 g/mol. The van der Waals surface area contributed by atoms with Gasteiger partial charge in [0, 0.05) is 6.20 Å². The molecule has 1 aromatic rings. The summed E-state index contributed by atoms with van der Waals surface area (Å²) in [6.07, 6.45) is 10.4. The molecule has 0 aliphatic heterocycles. The fraction of sp³-hybridized carbons (Fsp3) is 0.455. The summed E-state index contributed by atoms with van der Waals surface area (Å²) < 4.78 is 0. The van der Waals surface area contributed by atoms with Gasteiger partial charge in [-0.05, 0) is 31.7 Å². The van der Waals surface area contributed by atoms with Crippen LogP contribution in [0.3, 0.4) is 0 Å². The Morgan fingerprint density at radius 1 is 1.36 bits per heavy atom. The van der Waals surface area contributed by atoms with Crippen LogP contribution in [0.4, 0.5) is 0 Å². The second-order valence-electron chi connectivity index (χ2n) is 3.64. The summed E-state index contributed by atoms with van der Waals surface area (Å²) in [5.41, 5.74) is 8.36. The molecule has 14 heavy (non-hydrogen) atoms. The van der Waals surface area contributed by atoms with E-state index in [1.54, 1.807) is 12.5 Å². The topological polar surface area (TPSA) is 51.8 Å². The van der Waals surface area contributed by atoms with Crippen LogP contribution in [0.1, 0.15) is 37.4 Å². The third kappa shape index (κ3) is 1.99. The summed E-state index contributed by atoms with van der Waals surface area (Å²) in [7, 11) is 0. The lowest BCUT2D eigenvalue weighted by molar-refractivity contribution is 0.640. The summed E-state index contributed by atoms with van der Waals surface area (Å²) in [5.74, 6) is 0. The number of hydrogen-bond acceptors (Lipinski definition) is 3. The average molecular weight is 189 g/mol. The monoisotopic (exact) mass is 189 g/mol. The zero-order chi connectivity index (χ0) is 9.80. The molecule has 0 saturated heterocycles. The third-order valence-corrected chi connectivity index (χ3v) is 2.65. The Bertz CT molecular complexity index is 319. The Hall–Kier alpha value is -1.22. The minimum atomic E-state index is -0.0294. The van der Waals surface area contributed by atoms with Gasteiger partial charge in [0.2, 0.25) is 0 Å². The molecule has 1 aliphatic carbocycles. The second-order valence-corrected chi connectivity index (χ2v) is 3.64. The molecule has 1 aliphatic rings. The van der Waals surface area contributed by atoms with E-state index in [1.807, 2.05) is 6.07 Å². The van der Waals surface area contributed by atoms with Crippen molar-refractivity contribution in [1.29, 1.82) is 0 Å². The highest BCUT2D eigenvalue weighted by atomic mass is 14.8. The lowest BCUT2D eigenvalue weighted by atomic mass is 9.93. The van der Waals surface area contributed by atoms with E-state index >= 15 is 0 Å². The molecule has 0 radical (unpaired) electrons. The molecule has 1 heterocycles. The van der Waals surface area contributed by atoms with Crippen molar-refractivity contribution >= 4 is 0 Å². The molecular formula is C11H15N3. The summed E-state index contributed by atoms with van der Waals surface area (Å²) in [6, 6.07) is 1.86. The fourth-order valence-electron chi connectivity index (χ4n) is 1.82. The zero-order valence-electron chi connectivity index (χ0n) is 8.19. The maximum atomic E-state index is 6.11. The van der Waals surface area contributed by atoms with Crippen LogP contribution in [-0.4, -0.2) is 9.97 Å². The second kappa shape index (κ2) is 4.33. The highest BCUT2D eigenvalue weighted by Gasteiger charge is 2.14. The molecule has 0 saturated carbocycles. The number of nitrogens with two attached hydrogens (primary N) is 1. The molecule has 3 nitrogen and oxygen atoms in total. The van der Waals surface area contributed by atoms with Crippen molar-refractivity contribution in [2.45, 2.75) is 31.7 Å². The van der Waals surface area contributed by atoms with E-state index in [2.05, 4.69) is 16.0 Å². The van der Waals surface area contributed by atoms with E-state index in [-0.39, 0.29) is 6.04 Å². The van der Waals surface area contributed by atoms with Crippen molar-refractivity contribution in [2.24, 2.45) is 5.73 Å². The molecule has 1 atom stereocenters. The first-order valence-corrected chi connectivity index (χ1v) is 5.08. The van der Waals surface area contributed by atoms with Gasteiger partial charge in [-0.25, -0.2) is 9.97 Å². The predicted molar refractivity (Wildman–Crippen MR) is 55.5 cm³/mol. The van der Waals surface area contributed by atoms with Gasteiger partial charge < -0.3 is 5.73 Å². The molecule has 1 unspecified atom stereocenters. The van der Waals surface area contributed by atoms with Crippen LogP contribution in [0, 0.1) is 0 Å². The largest absolute Gasteiger partial charge is 0.319 e. The summed E-state index contributed by atoms with van der Waals surface area (Å²) in [6.45, 7) is 0. The standard InChI is InChI=1S/C11H15N3/c12-11(9-4-2-1-3-5-9)10-6-7-13-8-14-10/h4,6-8,11H,1-3,5,12H2. The third-order valence-electron chi connectivity index (χ3n) is 2.65. The predicted octanol–water partition coefficient (Wildman–Crippen LogP) is 1.98. The Morgan fingerprint density at radius 3 is 2.93 bits per heavy atom. The van der Waals surface area contributed by atoms with E-state index in [1.165, 1.54) is 18.4 Å². The molecule has 0 aromatic carbocycles. The van der Waals surface area contributed by atoms with Crippen molar-refractivity contribution in [3.05, 3.63) is 35.9 Å². The van der Waals surface area contributed by atoms with Crippen molar-refractivity contribution in [1.82, 2.24) is 9.97 Å². The SMILES string of the molecule is NC(C1=CCCCC1)c1ccncn1. The van der Waals surface area contributed by atoms with Crippen LogP contribution < -0.4 is 5.73 Å². The van der Waals surface area contributed by atoms with Crippen LogP contribution in [0.25, 0.3) is 0 Å². The van der Waals surface area contributed by atoms with Gasteiger partial charge in [-0.2, -0.15) is 0 Å². The number of rotatable bonds is 2. The first-order valence-electron chi connectivity index (χ1n) is 5.08. The molecule has 0 amide bonds. The highest BCUT2D eigenvalue weighted by molar-refractivity contribution is 5.21. The van der Waals surface area contributed by atoms with Crippen LogP contribution in [0.5, 0.6) is 0 Å². The first-order chi connectivity index (χ1) is 6.88. The maximum absolute atomic E-state index is 6.11. The van der Waals surface area contributed by atoms with Crippen LogP contribution in [-0.2, 0) is 0 Å². The number of nitrogens with zero attached hydrogens (tertiary/aromatic N) is 2. The first kappa shape index (κ1) is 9.34. The van der Waals surface area contributed by atoms with Crippen LogP contribution in [0.2, 0.25) is 0 Å². The van der Waals surface area contributed by atoms with E-state index in [0.29, 0.717) is 0 Å². The number of aromatic nitrogens is 2. The lowest BCUT2D eigenvalue weighted by Crippen LogP contribution is -2.16. The molecule has 2 rings (SSSR count). The van der Waals surface area contributed by atoms with E-state index in [0.717, 1.165) is 18.5 Å². The van der Waals surface area contributed by atoms with Crippen molar-refractivity contribution in [2.75, 3.05) is 0 Å². The molecule has 0 spiro atoms. The summed E-state index contributed by atoms with van der Waals surface area (Å²) in [5, 5.41) is 0. The van der Waals surface area contributed by atoms with E-state index < -0.39 is 0 Å². The zero-order valence-corrected chi connectivity index (χ0v) is 8.19. The van der Waals surface area contributed by atoms with Gasteiger partial charge in [0.15, 0.2) is 0 Å². The molecule has 0 bridgehead atoms. The minimum absolute atomic E-state index is 0.0294. The minimum Gasteiger partial charge on any atom is -0.319 e. The van der Waals surface area contributed by atoms with Gasteiger partial charge in [0.1, 0.15) is 6.33 Å². The van der Waals surface area contributed by atoms with Gasteiger partial charge in [-0.1, -0.05) is 11.6 Å². The van der Waals surface area contributed by atoms with E-state index in [4.69, 9.17) is 5.73 Å². The van der Waals surface area contributed by atoms with Crippen molar-refractivity contribution < 1.29 is 0 Å². The van der Waals surface area contributed by atoms with Crippen LogP contribution >= 0.6 is 0 Å². The van der Waals surface area contributed by atoms with Gasteiger partial charge in [0.05, 0.1) is 11.7 Å². The average Bonchev–Trinajstić information content (AvgIpc) is 2.30. The van der Waals surface area contributed by atoms with Crippen LogP contribution in [0.15, 0.2) is 30.2 Å². The normalized spacial score (nSPS) is 18.8. The smallest absolute Gasteiger partial charge is 0.115 e. The maximum Gasteiger partial charge on any atom is 0.115 e. The van der Waals surface area contributed by atoms with Gasteiger partial charge in [-0.15, -0.1) is 0 Å². The van der Waals surface area contributed by atoms with Gasteiger partial charge >= 0.3 is 0 Å². The number of hydrogen-bond donors (Lipinski definition) is 1. The fourth-order valence-corrected chi connectivity index (χ4v) is 1.82. The quantitative estimate of drug-likeness (QED) is 0.724. The molecule has 2 N–H and O–H groups in total. The van der Waals surface area contributed by atoms with E-state index in [9.17, 15) is 0 Å². The molecule has 3 heteroatoms. The molecule has 1 aromatic heterocycles. The van der Waals surface area contributed by atoms with Gasteiger partial charge in [-0.3, -0.25) is 0 Å². The molecule has 0 fully saturated rings. The Labute approximate surface area is 84.1 Å². The van der Waals surface area contributed by atoms with Crippen molar-refractivity contribution in [3.63, 3.8) is 0 Å². The Kier molecular flexibility index (Phi) is 2.89. The van der Waals surface area contributed by atoms with Gasteiger partial charge in [0.25, 0.3) is 0 Å². The molecule has 74 valence electrons.